The largest absolute Gasteiger partial charge is 0.464 e. The third-order valence-corrected chi connectivity index (χ3v) is 4.12. The van der Waals surface area contributed by atoms with E-state index < -0.39 is 17.7 Å². The summed E-state index contributed by atoms with van der Waals surface area (Å²) in [7, 11) is 1.29. The number of hydrogen-bond donors (Lipinski definition) is 1. The first-order valence-electron chi connectivity index (χ1n) is 8.52. The number of aromatic nitrogens is 2. The van der Waals surface area contributed by atoms with Gasteiger partial charge in [0.15, 0.2) is 5.69 Å². The Labute approximate surface area is 158 Å². The number of anilines is 1. The molecule has 1 N–H and O–H groups in total. The van der Waals surface area contributed by atoms with Gasteiger partial charge in [0.05, 0.1) is 7.11 Å². The lowest BCUT2D eigenvalue weighted by atomic mass is 9.97. The predicted molar refractivity (Wildman–Crippen MR) is 97.6 cm³/mol. The van der Waals surface area contributed by atoms with Crippen molar-refractivity contribution in [3.8, 4) is 0 Å². The van der Waals surface area contributed by atoms with E-state index in [1.807, 2.05) is 25.7 Å². The van der Waals surface area contributed by atoms with Gasteiger partial charge in [0.1, 0.15) is 11.4 Å². The van der Waals surface area contributed by atoms with E-state index in [4.69, 9.17) is 16.3 Å². The van der Waals surface area contributed by atoms with E-state index in [0.29, 0.717) is 18.3 Å². The molecule has 0 aliphatic carbocycles. The van der Waals surface area contributed by atoms with E-state index in [9.17, 15) is 9.59 Å². The summed E-state index contributed by atoms with van der Waals surface area (Å²) in [6.45, 7) is 7.56. The van der Waals surface area contributed by atoms with Crippen LogP contribution in [-0.4, -0.2) is 54.4 Å². The molecule has 0 atom stereocenters. The number of methoxy groups -OCH3 is 1. The molecule has 0 unspecified atom stereocenters. The van der Waals surface area contributed by atoms with E-state index in [2.05, 4.69) is 20.0 Å². The van der Waals surface area contributed by atoms with Crippen LogP contribution in [-0.2, 0) is 9.47 Å². The van der Waals surface area contributed by atoms with Crippen molar-refractivity contribution < 1.29 is 19.1 Å². The molecule has 26 heavy (non-hydrogen) atoms. The van der Waals surface area contributed by atoms with E-state index in [-0.39, 0.29) is 11.0 Å². The molecule has 1 aromatic rings. The van der Waals surface area contributed by atoms with Gasteiger partial charge in [-0.1, -0.05) is 0 Å². The topological polar surface area (TPSA) is 93.7 Å². The van der Waals surface area contributed by atoms with Crippen molar-refractivity contribution >= 4 is 29.5 Å². The Balaban J connectivity index is 1.87. The summed E-state index contributed by atoms with van der Waals surface area (Å²) >= 11 is 5.92. The predicted octanol–water partition coefficient (Wildman–Crippen LogP) is 2.66. The van der Waals surface area contributed by atoms with Crippen LogP contribution in [0.4, 0.5) is 10.6 Å². The van der Waals surface area contributed by atoms with Crippen molar-refractivity contribution in [1.82, 2.24) is 15.3 Å². The first kappa shape index (κ1) is 20.2. The summed E-state index contributed by atoms with van der Waals surface area (Å²) in [6.07, 6.45) is 1.36. The fraction of sp³-hybridized carbons (Fsp3) is 0.647. The van der Waals surface area contributed by atoms with E-state index in [1.165, 1.54) is 7.11 Å². The Hall–Kier alpha value is -2.09. The van der Waals surface area contributed by atoms with Crippen molar-refractivity contribution in [1.29, 1.82) is 0 Å². The van der Waals surface area contributed by atoms with Gasteiger partial charge in [-0.05, 0) is 51.1 Å². The SMILES string of the molecule is COC(=O)c1cc(N2CCC(CNC(=O)OC(C)(C)C)CC2)nc(Cl)n1. The molecule has 0 bridgehead atoms. The lowest BCUT2D eigenvalue weighted by Crippen LogP contribution is -2.40. The monoisotopic (exact) mass is 384 g/mol. The third-order valence-electron chi connectivity index (χ3n) is 3.95. The zero-order valence-corrected chi connectivity index (χ0v) is 16.3. The van der Waals surface area contributed by atoms with Crippen molar-refractivity contribution in [2.45, 2.75) is 39.2 Å². The summed E-state index contributed by atoms with van der Waals surface area (Å²) in [5, 5.41) is 2.83. The first-order valence-corrected chi connectivity index (χ1v) is 8.90. The van der Waals surface area contributed by atoms with Crippen LogP contribution in [0.1, 0.15) is 44.1 Å². The highest BCUT2D eigenvalue weighted by Gasteiger charge is 2.23. The highest BCUT2D eigenvalue weighted by atomic mass is 35.5. The van der Waals surface area contributed by atoms with Crippen LogP contribution < -0.4 is 10.2 Å². The van der Waals surface area contributed by atoms with Gasteiger partial charge in [-0.25, -0.2) is 19.6 Å². The average Bonchev–Trinajstić information content (AvgIpc) is 2.57. The summed E-state index contributed by atoms with van der Waals surface area (Å²) in [5.41, 5.74) is -0.368. The second kappa shape index (κ2) is 8.53. The number of esters is 1. The van der Waals surface area contributed by atoms with Gasteiger partial charge in [-0.2, -0.15) is 0 Å². The van der Waals surface area contributed by atoms with E-state index in [0.717, 1.165) is 25.9 Å². The average molecular weight is 385 g/mol. The maximum Gasteiger partial charge on any atom is 0.407 e. The molecule has 1 aromatic heterocycles. The molecule has 1 fully saturated rings. The van der Waals surface area contributed by atoms with Crippen LogP contribution in [0.5, 0.6) is 0 Å². The van der Waals surface area contributed by atoms with E-state index >= 15 is 0 Å². The second-order valence-corrected chi connectivity index (χ2v) is 7.52. The van der Waals surface area contributed by atoms with Crippen LogP contribution in [0.2, 0.25) is 5.28 Å². The lowest BCUT2D eigenvalue weighted by Gasteiger charge is -2.33. The quantitative estimate of drug-likeness (QED) is 0.629. The van der Waals surface area contributed by atoms with Gasteiger partial charge in [-0.3, -0.25) is 0 Å². The molecule has 0 saturated carbocycles. The zero-order chi connectivity index (χ0) is 19.3. The smallest absolute Gasteiger partial charge is 0.407 e. The minimum absolute atomic E-state index is 0.0108. The molecule has 1 amide bonds. The Kier molecular flexibility index (Phi) is 6.63. The molecule has 1 saturated heterocycles. The number of alkyl carbamates (subject to hydrolysis) is 1. The number of halogens is 1. The van der Waals surface area contributed by atoms with Crippen LogP contribution >= 0.6 is 11.6 Å². The molecule has 0 aromatic carbocycles. The van der Waals surface area contributed by atoms with Gasteiger partial charge in [0.2, 0.25) is 5.28 Å². The van der Waals surface area contributed by atoms with Crippen LogP contribution in [0, 0.1) is 5.92 Å². The molecule has 9 heteroatoms. The van der Waals surface area contributed by atoms with Crippen molar-refractivity contribution in [2.24, 2.45) is 5.92 Å². The zero-order valence-electron chi connectivity index (χ0n) is 15.5. The second-order valence-electron chi connectivity index (χ2n) is 7.19. The lowest BCUT2D eigenvalue weighted by molar-refractivity contribution is 0.0515. The van der Waals surface area contributed by atoms with Gasteiger partial charge >= 0.3 is 12.1 Å². The highest BCUT2D eigenvalue weighted by Crippen LogP contribution is 2.23. The summed E-state index contributed by atoms with van der Waals surface area (Å²) < 4.78 is 9.92. The van der Waals surface area contributed by atoms with Crippen LogP contribution in [0.15, 0.2) is 6.07 Å². The molecule has 2 heterocycles. The Morgan fingerprint density at radius 1 is 1.31 bits per heavy atom. The fourth-order valence-corrected chi connectivity index (χ4v) is 2.86. The summed E-state index contributed by atoms with van der Waals surface area (Å²) in [5.74, 6) is 0.409. The number of carbonyl (C=O) groups excluding carboxylic acids is 2. The van der Waals surface area contributed by atoms with Crippen LogP contribution in [0.25, 0.3) is 0 Å². The molecular formula is C17H25ClN4O4. The third kappa shape index (κ3) is 6.01. The minimum Gasteiger partial charge on any atom is -0.464 e. The molecule has 2 rings (SSSR count). The summed E-state index contributed by atoms with van der Waals surface area (Å²) in [4.78, 5) is 33.5. The molecule has 8 nitrogen and oxygen atoms in total. The Bertz CT molecular complexity index is 655. The molecule has 0 spiro atoms. The number of nitrogens with zero attached hydrogens (tertiary/aromatic N) is 3. The first-order chi connectivity index (χ1) is 12.2. The summed E-state index contributed by atoms with van der Waals surface area (Å²) in [6, 6.07) is 1.58. The van der Waals surface area contributed by atoms with E-state index in [1.54, 1.807) is 6.07 Å². The maximum atomic E-state index is 11.7. The molecule has 144 valence electrons. The minimum atomic E-state index is -0.549. The molecular weight excluding hydrogens is 360 g/mol. The molecule has 0 radical (unpaired) electrons. The van der Waals surface area contributed by atoms with Crippen molar-refractivity contribution in [2.75, 3.05) is 31.6 Å². The van der Waals surface area contributed by atoms with Crippen molar-refractivity contribution in [3.63, 3.8) is 0 Å². The van der Waals surface area contributed by atoms with Gasteiger partial charge in [0, 0.05) is 25.7 Å². The highest BCUT2D eigenvalue weighted by molar-refractivity contribution is 6.28. The van der Waals surface area contributed by atoms with Gasteiger partial charge in [-0.15, -0.1) is 0 Å². The number of rotatable bonds is 4. The van der Waals surface area contributed by atoms with Crippen molar-refractivity contribution in [3.05, 3.63) is 17.0 Å². The standard InChI is InChI=1S/C17H25ClN4O4/c1-17(2,3)26-16(24)19-10-11-5-7-22(8-6-11)13-9-12(14(23)25-4)20-15(18)21-13/h9,11H,5-8,10H2,1-4H3,(H,19,24). The number of amides is 1. The number of hydrogen-bond acceptors (Lipinski definition) is 7. The van der Waals surface area contributed by atoms with Gasteiger partial charge in [0.25, 0.3) is 0 Å². The molecule has 1 aliphatic heterocycles. The Morgan fingerprint density at radius 2 is 1.96 bits per heavy atom. The fourth-order valence-electron chi connectivity index (χ4n) is 2.68. The number of nitrogens with one attached hydrogen (secondary N) is 1. The molecule has 1 aliphatic rings. The van der Waals surface area contributed by atoms with Gasteiger partial charge < -0.3 is 19.7 Å². The number of carbonyl (C=O) groups is 2. The normalized spacial score (nSPS) is 15.5. The number of ether oxygens (including phenoxy) is 2. The van der Waals surface area contributed by atoms with Crippen LogP contribution in [0.3, 0.4) is 0 Å². The number of piperidine rings is 1. The maximum absolute atomic E-state index is 11.7. The Morgan fingerprint density at radius 3 is 2.54 bits per heavy atom.